The van der Waals surface area contributed by atoms with Gasteiger partial charge in [0, 0.05) is 22.4 Å². The fraction of sp³-hybridized carbons (Fsp3) is 0. The Balaban J connectivity index is 0. The molecule has 0 atom stereocenters. The van der Waals surface area contributed by atoms with Crippen LogP contribution in [0.1, 0.15) is 0 Å². The van der Waals surface area contributed by atoms with E-state index in [1.165, 1.54) is 0 Å². The molecule has 0 bridgehead atoms. The summed E-state index contributed by atoms with van der Waals surface area (Å²) in [5.74, 6) is 0. The zero-order chi connectivity index (χ0) is 2.71. The van der Waals surface area contributed by atoms with Crippen LogP contribution in [0.4, 0.5) is 0 Å². The maximum atomic E-state index is 6.86. The molecule has 0 aromatic carbocycles. The molecule has 0 aromatic rings. The summed E-state index contributed by atoms with van der Waals surface area (Å²) in [7, 11) is 0. The summed E-state index contributed by atoms with van der Waals surface area (Å²) in [6.45, 7) is 5.39. The first kappa shape index (κ1) is 8.98. The van der Waals surface area contributed by atoms with Crippen LogP contribution in [0.25, 0.3) is 5.01 Å². The largest absolute Gasteiger partial charge is 0.213 e. The molecule has 0 aliphatic carbocycles. The van der Waals surface area contributed by atoms with Gasteiger partial charge in [-0.2, -0.15) is 6.57 Å². The van der Waals surface area contributed by atoms with Gasteiger partial charge >= 0.3 is 0 Å². The van der Waals surface area contributed by atoms with Crippen molar-refractivity contribution in [3.05, 3.63) is 11.6 Å². The molecule has 2 nitrogen and oxygen atoms in total. The third-order valence-electron chi connectivity index (χ3n) is 0. The second-order valence-electron chi connectivity index (χ2n) is 0.100. The number of nitrogens with zero attached hydrogens (tertiary/aromatic N) is 1. The van der Waals surface area contributed by atoms with Crippen LogP contribution in [0.5, 0.6) is 0 Å². The first-order valence-corrected chi connectivity index (χ1v) is 0.424. The number of rotatable bonds is 0. The quantitative estimate of drug-likeness (QED) is 0.300. The van der Waals surface area contributed by atoms with Crippen molar-refractivity contribution in [2.45, 2.75) is 0 Å². The second kappa shape index (κ2) is 11.8. The van der Waals surface area contributed by atoms with E-state index in [4.69, 9.17) is 11.8 Å². The van der Waals surface area contributed by atoms with Crippen molar-refractivity contribution >= 4 is 0 Å². The standard InChI is InChI=1S/CHNO.Ag/c1-2-3;/h3H;. The molecule has 4 heavy (non-hydrogen) atoms. The Morgan fingerprint density at radius 2 is 1.75 bits per heavy atom. The van der Waals surface area contributed by atoms with Crippen LogP contribution in [-0.4, -0.2) is 5.21 Å². The van der Waals surface area contributed by atoms with Crippen LogP contribution < -0.4 is 0 Å². The molecule has 0 amide bonds. The molecule has 0 unspecified atom stereocenters. The average Bonchev–Trinajstić information content (AvgIpc) is 0.918. The van der Waals surface area contributed by atoms with E-state index < -0.39 is 0 Å². The fourth-order valence-electron chi connectivity index (χ4n) is 0. The van der Waals surface area contributed by atoms with Gasteiger partial charge in [0.25, 0.3) is 0 Å². The monoisotopic (exact) mass is 150 g/mol. The minimum absolute atomic E-state index is 0. The Morgan fingerprint density at radius 1 is 1.75 bits per heavy atom. The third kappa shape index (κ3) is 2350. The molecule has 0 spiro atoms. The molecule has 0 fully saturated rings. The van der Waals surface area contributed by atoms with Gasteiger partial charge < -0.3 is 0 Å². The molecule has 1 N–H and O–H groups in total. The Morgan fingerprint density at radius 3 is 1.75 bits per heavy atom. The zero-order valence-electron chi connectivity index (χ0n) is 1.70. The summed E-state index contributed by atoms with van der Waals surface area (Å²) in [6, 6.07) is 0. The molecule has 0 heterocycles. The molecule has 0 saturated carbocycles. The van der Waals surface area contributed by atoms with Crippen LogP contribution in [0.3, 0.4) is 0 Å². The van der Waals surface area contributed by atoms with Gasteiger partial charge in [0.2, 0.25) is 0 Å². The maximum Gasteiger partial charge on any atom is 0 e. The van der Waals surface area contributed by atoms with Crippen molar-refractivity contribution in [2.75, 3.05) is 0 Å². The predicted molar refractivity (Wildman–Crippen MR) is 8.39 cm³/mol. The minimum Gasteiger partial charge on any atom is -0.213 e. The Labute approximate surface area is 39.7 Å². The maximum absolute atomic E-state index is 6.86. The van der Waals surface area contributed by atoms with Gasteiger partial charge in [0.15, 0.2) is 0 Å². The number of hydrogen-bond acceptors (Lipinski definition) is 1. The van der Waals surface area contributed by atoms with E-state index in [0.717, 1.165) is 0 Å². The van der Waals surface area contributed by atoms with Crippen LogP contribution in [0, 0.1) is 6.57 Å². The van der Waals surface area contributed by atoms with E-state index in [1.54, 1.807) is 5.01 Å². The van der Waals surface area contributed by atoms with Crippen LogP contribution in [-0.2, 0) is 22.4 Å². The average molecular weight is 151 g/mol. The zero-order valence-corrected chi connectivity index (χ0v) is 3.18. The summed E-state index contributed by atoms with van der Waals surface area (Å²) < 4.78 is 0. The molecular formula is CHAgNO. The van der Waals surface area contributed by atoms with Crippen LogP contribution in [0.15, 0.2) is 0 Å². The van der Waals surface area contributed by atoms with E-state index in [9.17, 15) is 0 Å². The van der Waals surface area contributed by atoms with Crippen molar-refractivity contribution in [3.8, 4) is 0 Å². The van der Waals surface area contributed by atoms with Crippen LogP contribution >= 0.6 is 0 Å². The molecular weight excluding hydrogens is 150 g/mol. The van der Waals surface area contributed by atoms with Crippen molar-refractivity contribution < 1.29 is 27.6 Å². The van der Waals surface area contributed by atoms with E-state index in [-0.39, 0.29) is 22.4 Å². The summed E-state index contributed by atoms with van der Waals surface area (Å²) >= 11 is 0. The summed E-state index contributed by atoms with van der Waals surface area (Å²) in [5, 5.41) is 8.61. The predicted octanol–water partition coefficient (Wildman–Crippen LogP) is 0.292. The van der Waals surface area contributed by atoms with Crippen molar-refractivity contribution in [3.63, 3.8) is 0 Å². The van der Waals surface area contributed by atoms with Gasteiger partial charge in [-0.1, -0.05) is 0 Å². The molecule has 0 aliphatic rings. The first-order chi connectivity index (χ1) is 1.41. The van der Waals surface area contributed by atoms with Crippen molar-refractivity contribution in [2.24, 2.45) is 0 Å². The van der Waals surface area contributed by atoms with Gasteiger partial charge in [-0.15, -0.1) is 0 Å². The van der Waals surface area contributed by atoms with Gasteiger partial charge in [0.1, 0.15) is 0 Å². The van der Waals surface area contributed by atoms with E-state index in [0.29, 0.717) is 0 Å². The molecule has 1 radical (unpaired) electrons. The second-order valence-corrected chi connectivity index (χ2v) is 0.100. The SMILES string of the molecule is [Ag].[C-]#[N+]O. The van der Waals surface area contributed by atoms with Gasteiger partial charge in [-0.05, 0) is 5.01 Å². The Bertz CT molecular complexity index is 29.5. The molecule has 0 aliphatic heterocycles. The molecule has 0 aromatic heterocycles. The van der Waals surface area contributed by atoms with Gasteiger partial charge in [0.05, 0.1) is 0 Å². The normalized spacial score (nSPS) is 1.75. The van der Waals surface area contributed by atoms with Crippen molar-refractivity contribution in [1.29, 1.82) is 0 Å². The van der Waals surface area contributed by atoms with E-state index >= 15 is 0 Å². The molecule has 0 saturated heterocycles. The summed E-state index contributed by atoms with van der Waals surface area (Å²) in [4.78, 5) is 0. The first-order valence-electron chi connectivity index (χ1n) is 0.424. The van der Waals surface area contributed by atoms with Gasteiger partial charge in [-0.3, -0.25) is 0 Å². The molecule has 3 heteroatoms. The third-order valence-corrected chi connectivity index (χ3v) is 0. The minimum atomic E-state index is 0. The Hall–Kier alpha value is 0.0303. The van der Waals surface area contributed by atoms with Crippen molar-refractivity contribution in [1.82, 2.24) is 0 Å². The molecule has 0 rings (SSSR count). The topological polar surface area (TPSA) is 24.6 Å². The number of hydrogen-bond donors (Lipinski definition) is 1. The summed E-state index contributed by atoms with van der Waals surface area (Å²) in [5.41, 5.74) is 0. The molecule has 27 valence electrons. The van der Waals surface area contributed by atoms with E-state index in [2.05, 4.69) is 0 Å². The summed E-state index contributed by atoms with van der Waals surface area (Å²) in [6.07, 6.45) is 0. The fourth-order valence-corrected chi connectivity index (χ4v) is 0. The smallest absolute Gasteiger partial charge is 0 e. The van der Waals surface area contributed by atoms with E-state index in [1.807, 2.05) is 0 Å². The van der Waals surface area contributed by atoms with Gasteiger partial charge in [-0.25, -0.2) is 5.21 Å². The Kier molecular flexibility index (Phi) is 26.4. The van der Waals surface area contributed by atoms with Crippen LogP contribution in [0.2, 0.25) is 0 Å².